The molecule has 0 radical (unpaired) electrons. The highest BCUT2D eigenvalue weighted by Gasteiger charge is 2.17. The third-order valence-electron chi connectivity index (χ3n) is 7.07. The summed E-state index contributed by atoms with van der Waals surface area (Å²) in [5, 5.41) is 4.15. The zero-order chi connectivity index (χ0) is 25.5. The smallest absolute Gasteiger partial charge is 0.0775 e. The minimum absolute atomic E-state index is 1.03. The van der Waals surface area contributed by atoms with Crippen molar-refractivity contribution in [2.75, 3.05) is 0 Å². The zero-order valence-electron chi connectivity index (χ0n) is 22.3. The molecule has 0 amide bonds. The Labute approximate surface area is 217 Å². The Kier molecular flexibility index (Phi) is 6.31. The summed E-state index contributed by atoms with van der Waals surface area (Å²) < 4.78 is 0. The lowest BCUT2D eigenvalue weighted by Crippen LogP contribution is -2.37. The van der Waals surface area contributed by atoms with Crippen LogP contribution in [0.2, 0.25) is 39.3 Å². The lowest BCUT2D eigenvalue weighted by molar-refractivity contribution is 1.41. The molecule has 0 bridgehead atoms. The molecular weight excluding hydrogens is 467 g/mol. The first-order valence-electron chi connectivity index (χ1n) is 12.8. The second kappa shape index (κ2) is 9.31. The Morgan fingerprint density at radius 3 is 1.28 bits per heavy atom. The van der Waals surface area contributed by atoms with E-state index < -0.39 is 16.1 Å². The highest BCUT2D eigenvalue weighted by molar-refractivity contribution is 6.89. The molecule has 0 spiro atoms. The van der Waals surface area contributed by atoms with Crippen LogP contribution in [0, 0.1) is 0 Å². The van der Waals surface area contributed by atoms with E-state index in [0.717, 1.165) is 11.1 Å². The van der Waals surface area contributed by atoms with E-state index >= 15 is 0 Å². The van der Waals surface area contributed by atoms with Crippen molar-refractivity contribution in [3.8, 4) is 33.4 Å². The normalized spacial score (nSPS) is 12.2. The number of benzene rings is 4. The SMILES string of the molecule is C[Si](C)(C)c1ccc(-c2ccc(-c3cnc4cc(-c5ccc([Si](C)(C)C)cc5)ccc4c3)cc2)cc1. The molecule has 1 aromatic heterocycles. The van der Waals surface area contributed by atoms with Gasteiger partial charge in [0.05, 0.1) is 21.7 Å². The average Bonchev–Trinajstić information content (AvgIpc) is 2.87. The molecule has 0 aliphatic carbocycles. The predicted molar refractivity (Wildman–Crippen MR) is 164 cm³/mol. The topological polar surface area (TPSA) is 12.9 Å². The molecule has 0 N–H and O–H groups in total. The summed E-state index contributed by atoms with van der Waals surface area (Å²) in [4.78, 5) is 4.82. The van der Waals surface area contributed by atoms with Crippen molar-refractivity contribution < 1.29 is 0 Å². The summed E-state index contributed by atoms with van der Waals surface area (Å²) in [6.07, 6.45) is 2.00. The van der Waals surface area contributed by atoms with Crippen molar-refractivity contribution in [3.05, 3.63) is 103 Å². The Morgan fingerprint density at radius 2 is 0.806 bits per heavy atom. The van der Waals surface area contributed by atoms with E-state index in [1.165, 1.54) is 43.6 Å². The maximum Gasteiger partial charge on any atom is 0.0775 e. The van der Waals surface area contributed by atoms with Crippen LogP contribution in [-0.4, -0.2) is 21.1 Å². The van der Waals surface area contributed by atoms with E-state index in [1.54, 1.807) is 0 Å². The zero-order valence-corrected chi connectivity index (χ0v) is 24.3. The van der Waals surface area contributed by atoms with Gasteiger partial charge in [-0.3, -0.25) is 4.98 Å². The van der Waals surface area contributed by atoms with Gasteiger partial charge in [-0.2, -0.15) is 0 Å². The third-order valence-corrected chi connectivity index (χ3v) is 11.2. The van der Waals surface area contributed by atoms with Crippen LogP contribution in [0.25, 0.3) is 44.3 Å². The number of fused-ring (bicyclic) bond motifs is 1. The molecule has 0 fully saturated rings. The molecule has 3 heteroatoms. The van der Waals surface area contributed by atoms with Crippen LogP contribution in [0.1, 0.15) is 0 Å². The number of hydrogen-bond acceptors (Lipinski definition) is 1. The van der Waals surface area contributed by atoms with Crippen LogP contribution in [0.5, 0.6) is 0 Å². The number of nitrogens with zero attached hydrogens (tertiary/aromatic N) is 1. The molecule has 36 heavy (non-hydrogen) atoms. The predicted octanol–water partition coefficient (Wildman–Crippen LogP) is 8.33. The van der Waals surface area contributed by atoms with Crippen molar-refractivity contribution in [2.24, 2.45) is 0 Å². The molecule has 180 valence electrons. The monoisotopic (exact) mass is 501 g/mol. The summed E-state index contributed by atoms with van der Waals surface area (Å²) in [6.45, 7) is 14.3. The van der Waals surface area contributed by atoms with Gasteiger partial charge < -0.3 is 0 Å². The van der Waals surface area contributed by atoms with Crippen LogP contribution in [0.3, 0.4) is 0 Å². The lowest BCUT2D eigenvalue weighted by atomic mass is 9.99. The molecule has 0 aliphatic rings. The largest absolute Gasteiger partial charge is 0.256 e. The van der Waals surface area contributed by atoms with E-state index in [2.05, 4.69) is 136 Å². The molecule has 0 saturated heterocycles. The first-order chi connectivity index (χ1) is 17.1. The maximum atomic E-state index is 4.82. The molecule has 5 rings (SSSR count). The van der Waals surface area contributed by atoms with Crippen molar-refractivity contribution in [2.45, 2.75) is 39.3 Å². The standard InChI is InChI=1S/C33H35NSi2/c1-35(2,3)31-17-13-25(14-18-31)24-7-9-27(10-8-24)30-21-29-12-11-28(22-33(29)34-23-30)26-15-19-32(20-16-26)36(4,5)6/h7-23H,1-6H3. The fourth-order valence-electron chi connectivity index (χ4n) is 4.64. The number of hydrogen-bond donors (Lipinski definition) is 0. The van der Waals surface area contributed by atoms with Crippen LogP contribution in [0.4, 0.5) is 0 Å². The van der Waals surface area contributed by atoms with Crippen molar-refractivity contribution in [1.29, 1.82) is 0 Å². The first-order valence-corrected chi connectivity index (χ1v) is 19.8. The number of aromatic nitrogens is 1. The van der Waals surface area contributed by atoms with Gasteiger partial charge in [-0.25, -0.2) is 0 Å². The second-order valence-corrected chi connectivity index (χ2v) is 22.0. The highest BCUT2D eigenvalue weighted by atomic mass is 28.3. The number of pyridine rings is 1. The maximum absolute atomic E-state index is 4.82. The fourth-order valence-corrected chi connectivity index (χ4v) is 6.97. The van der Waals surface area contributed by atoms with Crippen LogP contribution in [0.15, 0.2) is 103 Å². The van der Waals surface area contributed by atoms with E-state index in [4.69, 9.17) is 4.98 Å². The molecule has 1 nitrogen and oxygen atoms in total. The minimum atomic E-state index is -1.28. The summed E-state index contributed by atoms with van der Waals surface area (Å²) in [6, 6.07) is 35.9. The second-order valence-electron chi connectivity index (χ2n) is 11.9. The van der Waals surface area contributed by atoms with Gasteiger partial charge in [0, 0.05) is 17.1 Å². The highest BCUT2D eigenvalue weighted by Crippen LogP contribution is 2.29. The molecule has 5 aromatic rings. The van der Waals surface area contributed by atoms with E-state index in [9.17, 15) is 0 Å². The lowest BCUT2D eigenvalue weighted by Gasteiger charge is -2.17. The van der Waals surface area contributed by atoms with E-state index in [-0.39, 0.29) is 0 Å². The van der Waals surface area contributed by atoms with Crippen LogP contribution in [-0.2, 0) is 0 Å². The van der Waals surface area contributed by atoms with E-state index in [0.29, 0.717) is 0 Å². The van der Waals surface area contributed by atoms with E-state index in [1.807, 2.05) is 6.20 Å². The van der Waals surface area contributed by atoms with Gasteiger partial charge in [-0.05, 0) is 39.9 Å². The van der Waals surface area contributed by atoms with Crippen molar-refractivity contribution in [3.63, 3.8) is 0 Å². The Balaban J connectivity index is 1.38. The Hall–Kier alpha value is -3.28. The minimum Gasteiger partial charge on any atom is -0.256 e. The first kappa shape index (κ1) is 24.4. The molecule has 0 saturated carbocycles. The van der Waals surface area contributed by atoms with Gasteiger partial charge in [0.25, 0.3) is 0 Å². The van der Waals surface area contributed by atoms with Crippen LogP contribution < -0.4 is 10.4 Å². The summed E-state index contributed by atoms with van der Waals surface area (Å²) in [5.74, 6) is 0. The van der Waals surface area contributed by atoms with Gasteiger partial charge in [0.1, 0.15) is 0 Å². The molecule has 1 heterocycles. The van der Waals surface area contributed by atoms with Crippen LogP contribution >= 0.6 is 0 Å². The summed E-state index contributed by atoms with van der Waals surface area (Å²) in [7, 11) is -2.55. The van der Waals surface area contributed by atoms with Crippen molar-refractivity contribution >= 4 is 37.4 Å². The summed E-state index contributed by atoms with van der Waals surface area (Å²) >= 11 is 0. The molecule has 0 aliphatic heterocycles. The van der Waals surface area contributed by atoms with Gasteiger partial charge >= 0.3 is 0 Å². The van der Waals surface area contributed by atoms with Gasteiger partial charge in [0.2, 0.25) is 0 Å². The van der Waals surface area contributed by atoms with Crippen molar-refractivity contribution in [1.82, 2.24) is 4.98 Å². The fraction of sp³-hybridized carbons (Fsp3) is 0.182. The van der Waals surface area contributed by atoms with Gasteiger partial charge in [-0.1, -0.05) is 135 Å². The summed E-state index contributed by atoms with van der Waals surface area (Å²) in [5.41, 5.74) is 8.36. The Bertz CT molecular complexity index is 1500. The quantitative estimate of drug-likeness (QED) is 0.221. The number of rotatable bonds is 5. The van der Waals surface area contributed by atoms with Gasteiger partial charge in [0.15, 0.2) is 0 Å². The molecule has 0 atom stereocenters. The molecule has 0 unspecified atom stereocenters. The Morgan fingerprint density at radius 1 is 0.417 bits per heavy atom. The molecule has 4 aromatic carbocycles. The third kappa shape index (κ3) is 5.13. The molecular formula is C33H35NSi2. The average molecular weight is 502 g/mol. The van der Waals surface area contributed by atoms with Gasteiger partial charge in [-0.15, -0.1) is 0 Å².